The summed E-state index contributed by atoms with van der Waals surface area (Å²) >= 11 is 0. The highest BCUT2D eigenvalue weighted by Crippen LogP contribution is 2.15. The van der Waals surface area contributed by atoms with Crippen LogP contribution in [0.15, 0.2) is 24.3 Å². The van der Waals surface area contributed by atoms with E-state index in [9.17, 15) is 4.79 Å². The third kappa shape index (κ3) is 3.91. The number of hydrogen-bond acceptors (Lipinski definition) is 3. The molecule has 2 rings (SSSR count). The van der Waals surface area contributed by atoms with E-state index in [-0.39, 0.29) is 12.4 Å². The molecule has 0 aromatic heterocycles. The van der Waals surface area contributed by atoms with Gasteiger partial charge in [0.1, 0.15) is 0 Å². The summed E-state index contributed by atoms with van der Waals surface area (Å²) in [6.45, 7) is 2.05. The summed E-state index contributed by atoms with van der Waals surface area (Å²) in [7, 11) is 0. The van der Waals surface area contributed by atoms with E-state index in [1.165, 1.54) is 0 Å². The second-order valence-corrected chi connectivity index (χ2v) is 4.05. The van der Waals surface area contributed by atoms with Gasteiger partial charge in [-0.2, -0.15) is 0 Å². The van der Waals surface area contributed by atoms with Crippen LogP contribution >= 0.6 is 12.4 Å². The third-order valence-electron chi connectivity index (χ3n) is 2.82. The lowest BCUT2D eigenvalue weighted by Crippen LogP contribution is -2.35. The first-order valence-corrected chi connectivity index (χ1v) is 5.56. The molecule has 1 aromatic rings. The average Bonchev–Trinajstić information content (AvgIpc) is 2.30. The SMILES string of the molecule is Cl.O=C(O)c1cccc(NC2CCNCC2)c1. The molecule has 0 amide bonds. The summed E-state index contributed by atoms with van der Waals surface area (Å²) in [5.74, 6) is -0.881. The molecule has 1 fully saturated rings. The van der Waals surface area contributed by atoms with Crippen molar-refractivity contribution < 1.29 is 9.90 Å². The summed E-state index contributed by atoms with van der Waals surface area (Å²) < 4.78 is 0. The van der Waals surface area contributed by atoms with Gasteiger partial charge in [-0.25, -0.2) is 4.79 Å². The monoisotopic (exact) mass is 256 g/mol. The van der Waals surface area contributed by atoms with Crippen LogP contribution in [0.2, 0.25) is 0 Å². The first kappa shape index (κ1) is 13.8. The Bertz CT molecular complexity index is 379. The van der Waals surface area contributed by atoms with Crippen LogP contribution < -0.4 is 10.6 Å². The minimum Gasteiger partial charge on any atom is -0.478 e. The molecule has 4 nitrogen and oxygen atoms in total. The van der Waals surface area contributed by atoms with Gasteiger partial charge in [0, 0.05) is 11.7 Å². The molecule has 3 N–H and O–H groups in total. The maximum absolute atomic E-state index is 10.8. The molecule has 0 aliphatic carbocycles. The molecule has 0 spiro atoms. The van der Waals surface area contributed by atoms with Crippen LogP contribution in [0.5, 0.6) is 0 Å². The zero-order valence-corrected chi connectivity index (χ0v) is 10.3. The van der Waals surface area contributed by atoms with E-state index in [1.54, 1.807) is 18.2 Å². The Morgan fingerprint density at radius 1 is 1.35 bits per heavy atom. The van der Waals surface area contributed by atoms with E-state index in [0.29, 0.717) is 11.6 Å². The number of benzene rings is 1. The highest BCUT2D eigenvalue weighted by atomic mass is 35.5. The molecular formula is C12H17ClN2O2. The van der Waals surface area contributed by atoms with Crippen LogP contribution in [-0.4, -0.2) is 30.2 Å². The first-order valence-electron chi connectivity index (χ1n) is 5.56. The maximum Gasteiger partial charge on any atom is 0.335 e. The molecule has 0 unspecified atom stereocenters. The summed E-state index contributed by atoms with van der Waals surface area (Å²) in [6, 6.07) is 7.42. The lowest BCUT2D eigenvalue weighted by atomic mass is 10.1. The molecule has 5 heteroatoms. The molecule has 0 saturated carbocycles. The van der Waals surface area contributed by atoms with Crippen molar-refractivity contribution in [2.45, 2.75) is 18.9 Å². The second-order valence-electron chi connectivity index (χ2n) is 4.05. The van der Waals surface area contributed by atoms with Gasteiger partial charge in [-0.1, -0.05) is 6.07 Å². The fraction of sp³-hybridized carbons (Fsp3) is 0.417. The number of rotatable bonds is 3. The minimum absolute atomic E-state index is 0. The van der Waals surface area contributed by atoms with Crippen molar-refractivity contribution in [1.29, 1.82) is 0 Å². The fourth-order valence-electron chi connectivity index (χ4n) is 1.94. The molecule has 1 saturated heterocycles. The lowest BCUT2D eigenvalue weighted by Gasteiger charge is -2.24. The van der Waals surface area contributed by atoms with Gasteiger partial charge in [0.25, 0.3) is 0 Å². The van der Waals surface area contributed by atoms with Crippen molar-refractivity contribution in [3.63, 3.8) is 0 Å². The smallest absolute Gasteiger partial charge is 0.335 e. The number of nitrogens with one attached hydrogen (secondary N) is 2. The average molecular weight is 257 g/mol. The van der Waals surface area contributed by atoms with Crippen LogP contribution in [-0.2, 0) is 0 Å². The van der Waals surface area contributed by atoms with E-state index in [0.717, 1.165) is 31.6 Å². The normalized spacial score (nSPS) is 16.0. The summed E-state index contributed by atoms with van der Waals surface area (Å²) in [5, 5.41) is 15.5. The Morgan fingerprint density at radius 2 is 2.06 bits per heavy atom. The van der Waals surface area contributed by atoms with E-state index < -0.39 is 5.97 Å². The molecule has 17 heavy (non-hydrogen) atoms. The molecule has 0 atom stereocenters. The third-order valence-corrected chi connectivity index (χ3v) is 2.82. The Hall–Kier alpha value is -1.26. The van der Waals surface area contributed by atoms with Gasteiger partial charge in [-0.15, -0.1) is 12.4 Å². The molecule has 0 radical (unpaired) electrons. The molecule has 1 heterocycles. The van der Waals surface area contributed by atoms with E-state index in [2.05, 4.69) is 10.6 Å². The van der Waals surface area contributed by atoms with Crippen molar-refractivity contribution in [2.24, 2.45) is 0 Å². The van der Waals surface area contributed by atoms with Crippen molar-refractivity contribution in [3.05, 3.63) is 29.8 Å². The van der Waals surface area contributed by atoms with Gasteiger partial charge in [-0.05, 0) is 44.1 Å². The number of aromatic carboxylic acids is 1. The van der Waals surface area contributed by atoms with Crippen molar-refractivity contribution in [3.8, 4) is 0 Å². The topological polar surface area (TPSA) is 61.4 Å². The molecular weight excluding hydrogens is 240 g/mol. The predicted molar refractivity (Wildman–Crippen MR) is 70.2 cm³/mol. The predicted octanol–water partition coefficient (Wildman–Crippen LogP) is 1.97. The van der Waals surface area contributed by atoms with Crippen LogP contribution in [0.3, 0.4) is 0 Å². The summed E-state index contributed by atoms with van der Waals surface area (Å²) in [6.07, 6.45) is 2.16. The Labute approximate surface area is 107 Å². The zero-order valence-electron chi connectivity index (χ0n) is 9.48. The molecule has 1 aliphatic rings. The Morgan fingerprint density at radius 3 is 2.71 bits per heavy atom. The first-order chi connectivity index (χ1) is 7.75. The van der Waals surface area contributed by atoms with Crippen LogP contribution in [0, 0.1) is 0 Å². The number of halogens is 1. The Balaban J connectivity index is 0.00000144. The van der Waals surface area contributed by atoms with Gasteiger partial charge >= 0.3 is 5.97 Å². The number of hydrogen-bond donors (Lipinski definition) is 3. The van der Waals surface area contributed by atoms with Gasteiger partial charge < -0.3 is 15.7 Å². The summed E-state index contributed by atoms with van der Waals surface area (Å²) in [5.41, 5.74) is 1.23. The molecule has 1 aliphatic heterocycles. The lowest BCUT2D eigenvalue weighted by molar-refractivity contribution is 0.0697. The van der Waals surface area contributed by atoms with Crippen LogP contribution in [0.1, 0.15) is 23.2 Å². The summed E-state index contributed by atoms with van der Waals surface area (Å²) in [4.78, 5) is 10.8. The van der Waals surface area contributed by atoms with Crippen LogP contribution in [0.25, 0.3) is 0 Å². The minimum atomic E-state index is -0.881. The second kappa shape index (κ2) is 6.47. The number of carboxylic acids is 1. The van der Waals surface area contributed by atoms with E-state index in [1.807, 2.05) is 6.07 Å². The number of carbonyl (C=O) groups is 1. The zero-order chi connectivity index (χ0) is 11.4. The quantitative estimate of drug-likeness (QED) is 0.774. The van der Waals surface area contributed by atoms with Gasteiger partial charge in [0.15, 0.2) is 0 Å². The van der Waals surface area contributed by atoms with Crippen LogP contribution in [0.4, 0.5) is 5.69 Å². The highest BCUT2D eigenvalue weighted by Gasteiger charge is 2.12. The van der Waals surface area contributed by atoms with Gasteiger partial charge in [-0.3, -0.25) is 0 Å². The number of anilines is 1. The number of piperidine rings is 1. The molecule has 1 aromatic carbocycles. The Kier molecular flexibility index (Phi) is 5.25. The standard InChI is InChI=1S/C12H16N2O2.ClH/c15-12(16)9-2-1-3-11(8-9)14-10-4-6-13-7-5-10;/h1-3,8,10,13-14H,4-7H2,(H,15,16);1H. The van der Waals surface area contributed by atoms with Gasteiger partial charge in [0.2, 0.25) is 0 Å². The largest absolute Gasteiger partial charge is 0.478 e. The molecule has 94 valence electrons. The number of carboxylic acid groups (broad SMARTS) is 1. The van der Waals surface area contributed by atoms with Crippen molar-refractivity contribution >= 4 is 24.1 Å². The van der Waals surface area contributed by atoms with E-state index in [4.69, 9.17) is 5.11 Å². The maximum atomic E-state index is 10.8. The highest BCUT2D eigenvalue weighted by molar-refractivity contribution is 5.88. The van der Waals surface area contributed by atoms with Crippen molar-refractivity contribution in [1.82, 2.24) is 5.32 Å². The van der Waals surface area contributed by atoms with Crippen molar-refractivity contribution in [2.75, 3.05) is 18.4 Å². The van der Waals surface area contributed by atoms with Gasteiger partial charge in [0.05, 0.1) is 5.56 Å². The van der Waals surface area contributed by atoms with E-state index >= 15 is 0 Å². The fourth-order valence-corrected chi connectivity index (χ4v) is 1.94. The molecule has 0 bridgehead atoms.